The van der Waals surface area contributed by atoms with Gasteiger partial charge in [-0.05, 0) is 29.3 Å². The van der Waals surface area contributed by atoms with Crippen LogP contribution in [0.4, 0.5) is 15.6 Å². The topological polar surface area (TPSA) is 210 Å². The molecular weight excluding hydrogens is 476 g/mol. The summed E-state index contributed by atoms with van der Waals surface area (Å²) in [5.41, 5.74) is -0.325. The lowest BCUT2D eigenvalue weighted by atomic mass is 9.96. The fourth-order valence-corrected chi connectivity index (χ4v) is 5.85. The largest absolute Gasteiger partial charge is 0.476 e. The Bertz CT molecular complexity index is 1310. The van der Waals surface area contributed by atoms with E-state index in [4.69, 9.17) is 0 Å². The molecule has 3 aromatic heterocycles. The Kier molecular flexibility index (Phi) is 6.10. The van der Waals surface area contributed by atoms with Gasteiger partial charge in [-0.15, -0.1) is 0 Å². The molecule has 0 aromatic carbocycles. The van der Waals surface area contributed by atoms with Crippen molar-refractivity contribution >= 4 is 49.8 Å². The van der Waals surface area contributed by atoms with Crippen LogP contribution in [0.2, 0.25) is 0 Å². The summed E-state index contributed by atoms with van der Waals surface area (Å²) in [4.78, 5) is 44.5. The van der Waals surface area contributed by atoms with Crippen molar-refractivity contribution in [3.63, 3.8) is 0 Å². The minimum Gasteiger partial charge on any atom is -0.476 e. The highest BCUT2D eigenvalue weighted by Gasteiger charge is 2.33. The minimum absolute atomic E-state index is 0.118. The summed E-state index contributed by atoms with van der Waals surface area (Å²) < 4.78 is 24.6. The third kappa shape index (κ3) is 4.56. The number of aromatic nitrogens is 6. The van der Waals surface area contributed by atoms with Crippen molar-refractivity contribution in [1.29, 1.82) is 0 Å². The van der Waals surface area contributed by atoms with Gasteiger partial charge in [0.2, 0.25) is 0 Å². The molecule has 0 spiro atoms. The molecule has 4 N–H and O–H groups in total. The summed E-state index contributed by atoms with van der Waals surface area (Å²) in [6.07, 6.45) is 6.25. The minimum atomic E-state index is -4.41. The fraction of sp³-hybridized carbons (Fsp3) is 0.294. The molecular formula is C17H16N8O6S2. The smallest absolute Gasteiger partial charge is 0.356 e. The van der Waals surface area contributed by atoms with Gasteiger partial charge in [0.15, 0.2) is 20.8 Å². The van der Waals surface area contributed by atoms with E-state index in [9.17, 15) is 27.9 Å². The number of thiazole rings is 1. The van der Waals surface area contributed by atoms with Crippen molar-refractivity contribution in [3.05, 3.63) is 29.7 Å². The number of carbonyl (C=O) groups is 3. The molecule has 0 saturated heterocycles. The van der Waals surface area contributed by atoms with Gasteiger partial charge < -0.3 is 10.4 Å². The van der Waals surface area contributed by atoms with Gasteiger partial charge in [-0.3, -0.25) is 15.1 Å². The van der Waals surface area contributed by atoms with E-state index >= 15 is 0 Å². The van der Waals surface area contributed by atoms with Gasteiger partial charge in [0.05, 0.1) is 11.3 Å². The van der Waals surface area contributed by atoms with Crippen LogP contribution in [0.3, 0.4) is 0 Å². The van der Waals surface area contributed by atoms with E-state index in [-0.39, 0.29) is 28.1 Å². The molecule has 1 saturated carbocycles. The first-order valence-corrected chi connectivity index (χ1v) is 11.9. The number of carbonyl (C=O) groups excluding carboxylic acids is 2. The first-order valence-electron chi connectivity index (χ1n) is 9.56. The SMILES string of the molecule is O=C(Nc1nc(C(=O)O)c(S(=O)(=O)c2nnn[nH]2)s1)Nc1ccncc1C(=O)C1CCCC1. The van der Waals surface area contributed by atoms with Crippen molar-refractivity contribution in [2.45, 2.75) is 35.0 Å². The normalized spacial score (nSPS) is 14.2. The second-order valence-electron chi connectivity index (χ2n) is 7.02. The number of H-pyrrole nitrogens is 1. The van der Waals surface area contributed by atoms with E-state index in [0.717, 1.165) is 25.7 Å². The van der Waals surface area contributed by atoms with Crippen molar-refractivity contribution in [1.82, 2.24) is 30.6 Å². The van der Waals surface area contributed by atoms with E-state index in [2.05, 4.69) is 41.2 Å². The maximum Gasteiger partial charge on any atom is 0.356 e. The Morgan fingerprint density at radius 2 is 1.94 bits per heavy atom. The number of aromatic amines is 1. The number of nitrogens with one attached hydrogen (secondary N) is 3. The molecule has 1 aliphatic carbocycles. The molecule has 1 aliphatic rings. The lowest BCUT2D eigenvalue weighted by molar-refractivity contribution is 0.0687. The molecule has 3 aromatic rings. The number of carboxylic acid groups (broad SMARTS) is 1. The summed E-state index contributed by atoms with van der Waals surface area (Å²) in [6, 6.07) is 0.608. The highest BCUT2D eigenvalue weighted by molar-refractivity contribution is 7.93. The molecule has 0 aliphatic heterocycles. The van der Waals surface area contributed by atoms with Crippen molar-refractivity contribution < 1.29 is 27.9 Å². The Hall–Kier alpha value is -3.79. The number of rotatable bonds is 7. The number of hydrogen-bond donors (Lipinski definition) is 4. The zero-order valence-electron chi connectivity index (χ0n) is 16.7. The number of hydrogen-bond acceptors (Lipinski definition) is 11. The fourth-order valence-electron chi connectivity index (χ4n) is 3.39. The van der Waals surface area contributed by atoms with Gasteiger partial charge in [-0.1, -0.05) is 29.3 Å². The van der Waals surface area contributed by atoms with Gasteiger partial charge in [0.1, 0.15) is 0 Å². The number of tetrazole rings is 1. The second-order valence-corrected chi connectivity index (χ2v) is 10.1. The molecule has 0 bridgehead atoms. The van der Waals surface area contributed by atoms with Crippen molar-refractivity contribution in [2.24, 2.45) is 5.92 Å². The Balaban J connectivity index is 1.56. The first-order chi connectivity index (χ1) is 15.8. The summed E-state index contributed by atoms with van der Waals surface area (Å²) in [5.74, 6) is -1.87. The number of Topliss-reactive ketones (excluding diaryl/α,β-unsaturated/α-hetero) is 1. The molecule has 172 valence electrons. The van der Waals surface area contributed by atoms with Crippen molar-refractivity contribution in [3.8, 4) is 0 Å². The lowest BCUT2D eigenvalue weighted by Gasteiger charge is -2.13. The molecule has 0 radical (unpaired) electrons. The number of aromatic carboxylic acids is 1. The van der Waals surface area contributed by atoms with Crippen LogP contribution >= 0.6 is 11.3 Å². The average Bonchev–Trinajstić information content (AvgIpc) is 3.55. The maximum atomic E-state index is 12.8. The zero-order chi connectivity index (χ0) is 23.6. The number of ketones is 1. The van der Waals surface area contributed by atoms with E-state index < -0.39 is 36.9 Å². The lowest BCUT2D eigenvalue weighted by Crippen LogP contribution is -2.22. The monoisotopic (exact) mass is 492 g/mol. The maximum absolute atomic E-state index is 12.8. The number of amides is 2. The van der Waals surface area contributed by atoms with Crippen molar-refractivity contribution in [2.75, 3.05) is 10.6 Å². The molecule has 4 rings (SSSR count). The standard InChI is InChI=1S/C17H16N8O6S2/c26-12(8-3-1-2-4-8)9-7-18-6-5-10(9)19-15(29)21-16-20-11(13(27)28)14(32-16)33(30,31)17-22-24-25-23-17/h5-8H,1-4H2,(H,27,28)(H,22,23,24,25)(H2,18,19,20,21,29). The average molecular weight is 492 g/mol. The van der Waals surface area contributed by atoms with Gasteiger partial charge in [-0.2, -0.15) is 0 Å². The van der Waals surface area contributed by atoms with Gasteiger partial charge in [-0.25, -0.2) is 28.1 Å². The van der Waals surface area contributed by atoms with Gasteiger partial charge >= 0.3 is 12.0 Å². The van der Waals surface area contributed by atoms with Crippen LogP contribution in [-0.2, 0) is 9.84 Å². The molecule has 14 nitrogen and oxygen atoms in total. The summed E-state index contributed by atoms with van der Waals surface area (Å²) in [6.45, 7) is 0. The van der Waals surface area contributed by atoms with Crippen LogP contribution in [0.25, 0.3) is 0 Å². The first kappa shape index (κ1) is 22.4. The van der Waals surface area contributed by atoms with Gasteiger partial charge in [0.25, 0.3) is 15.0 Å². The summed E-state index contributed by atoms with van der Waals surface area (Å²) in [7, 11) is -4.41. The van der Waals surface area contributed by atoms with Crippen LogP contribution in [0.15, 0.2) is 27.8 Å². The molecule has 16 heteroatoms. The quantitative estimate of drug-likeness (QED) is 0.348. The Labute approximate surface area is 189 Å². The molecule has 2 amide bonds. The van der Waals surface area contributed by atoms with E-state index in [1.807, 2.05) is 0 Å². The highest BCUT2D eigenvalue weighted by Crippen LogP contribution is 2.32. The number of anilines is 2. The van der Waals surface area contributed by atoms with Crippen LogP contribution in [0.5, 0.6) is 0 Å². The molecule has 0 unspecified atom stereocenters. The van der Waals surface area contributed by atoms with E-state index in [1.165, 1.54) is 18.5 Å². The molecule has 1 fully saturated rings. The number of sulfone groups is 1. The predicted octanol–water partition coefficient (Wildman–Crippen LogP) is 1.60. The Morgan fingerprint density at radius 1 is 1.18 bits per heavy atom. The zero-order valence-corrected chi connectivity index (χ0v) is 18.3. The van der Waals surface area contributed by atoms with E-state index in [1.54, 1.807) is 0 Å². The molecule has 33 heavy (non-hydrogen) atoms. The molecule has 3 heterocycles. The predicted molar refractivity (Wildman–Crippen MR) is 112 cm³/mol. The third-order valence-electron chi connectivity index (χ3n) is 4.90. The highest BCUT2D eigenvalue weighted by atomic mass is 32.2. The second kappa shape index (κ2) is 8.99. The van der Waals surface area contributed by atoms with Gasteiger partial charge in [0, 0.05) is 18.3 Å². The summed E-state index contributed by atoms with van der Waals surface area (Å²) >= 11 is 0.416. The van der Waals surface area contributed by atoms with Crippen LogP contribution in [-0.4, -0.2) is 61.9 Å². The Morgan fingerprint density at radius 3 is 2.61 bits per heavy atom. The molecule has 0 atom stereocenters. The number of carboxylic acids is 1. The number of urea groups is 1. The van der Waals surface area contributed by atoms with Crippen LogP contribution < -0.4 is 10.6 Å². The summed E-state index contributed by atoms with van der Waals surface area (Å²) in [5, 5.41) is 24.9. The van der Waals surface area contributed by atoms with Crippen LogP contribution in [0, 0.1) is 5.92 Å². The third-order valence-corrected chi connectivity index (χ3v) is 7.94. The number of nitrogens with zero attached hydrogens (tertiary/aromatic N) is 5. The van der Waals surface area contributed by atoms with E-state index in [0.29, 0.717) is 11.3 Å². The van der Waals surface area contributed by atoms with Crippen LogP contribution in [0.1, 0.15) is 46.5 Å². The number of pyridine rings is 1.